The number of carbonyl (C=O) groups is 1. The quantitative estimate of drug-likeness (QED) is 0.537. The summed E-state index contributed by atoms with van der Waals surface area (Å²) in [5, 5.41) is 2.97. The van der Waals surface area contributed by atoms with E-state index in [9.17, 15) is 4.79 Å². The van der Waals surface area contributed by atoms with Crippen molar-refractivity contribution in [2.45, 2.75) is 20.3 Å². The lowest BCUT2D eigenvalue weighted by molar-refractivity contribution is -0.154. The van der Waals surface area contributed by atoms with Crippen molar-refractivity contribution < 1.29 is 9.53 Å². The van der Waals surface area contributed by atoms with E-state index in [2.05, 4.69) is 22.2 Å². The van der Waals surface area contributed by atoms with E-state index in [1.807, 2.05) is 20.9 Å². The first-order chi connectivity index (χ1) is 8.95. The van der Waals surface area contributed by atoms with Crippen molar-refractivity contribution in [3.8, 4) is 0 Å². The second-order valence-corrected chi connectivity index (χ2v) is 6.02. The molecule has 0 bridgehead atoms. The molecule has 5 nitrogen and oxygen atoms in total. The van der Waals surface area contributed by atoms with Crippen LogP contribution in [0.4, 0.5) is 0 Å². The minimum atomic E-state index is -0.392. The van der Waals surface area contributed by atoms with E-state index in [-0.39, 0.29) is 5.97 Å². The Hall–Kier alpha value is -0.650. The molecule has 0 aromatic heterocycles. The highest BCUT2D eigenvalue weighted by Crippen LogP contribution is 2.23. The Labute approximate surface area is 117 Å². The van der Waals surface area contributed by atoms with E-state index in [1.54, 1.807) is 0 Å². The van der Waals surface area contributed by atoms with Gasteiger partial charge in [0.05, 0.1) is 5.41 Å². The molecule has 0 aromatic carbocycles. The molecule has 0 spiro atoms. The van der Waals surface area contributed by atoms with Crippen molar-refractivity contribution >= 4 is 5.97 Å². The largest absolute Gasteiger partial charge is 0.464 e. The molecule has 1 aliphatic rings. The summed E-state index contributed by atoms with van der Waals surface area (Å²) in [6.07, 6.45) is 0.856. The molecule has 0 aliphatic carbocycles. The Morgan fingerprint density at radius 1 is 1.26 bits per heavy atom. The number of ether oxygens (including phenoxy) is 1. The zero-order chi connectivity index (χ0) is 14.3. The molecular weight excluding hydrogens is 242 g/mol. The molecule has 0 atom stereocenters. The molecule has 1 N–H and O–H groups in total. The fourth-order valence-corrected chi connectivity index (χ4v) is 2.05. The number of rotatable bonds is 7. The van der Waals surface area contributed by atoms with Crippen LogP contribution in [0.2, 0.25) is 0 Å². The van der Waals surface area contributed by atoms with Gasteiger partial charge < -0.3 is 19.9 Å². The van der Waals surface area contributed by atoms with Crippen LogP contribution in [0.5, 0.6) is 0 Å². The van der Waals surface area contributed by atoms with Crippen molar-refractivity contribution in [1.29, 1.82) is 0 Å². The number of hydrogen-bond donors (Lipinski definition) is 1. The molecule has 1 saturated heterocycles. The zero-order valence-corrected chi connectivity index (χ0v) is 12.9. The van der Waals surface area contributed by atoms with Crippen LogP contribution in [-0.2, 0) is 9.53 Å². The lowest BCUT2D eigenvalue weighted by Gasteiger charge is -2.34. The SMILES string of the molecule is CNCCOC(=O)C(C)(C)CCN1CCN(C)CC1. The number of carbonyl (C=O) groups excluding carboxylic acids is 1. The van der Waals surface area contributed by atoms with Crippen molar-refractivity contribution in [3.63, 3.8) is 0 Å². The number of nitrogens with one attached hydrogen (secondary N) is 1. The topological polar surface area (TPSA) is 44.8 Å². The van der Waals surface area contributed by atoms with Gasteiger partial charge in [-0.2, -0.15) is 0 Å². The Balaban J connectivity index is 2.27. The Kier molecular flexibility index (Phi) is 6.75. The summed E-state index contributed by atoms with van der Waals surface area (Å²) in [6.45, 7) is 10.5. The smallest absolute Gasteiger partial charge is 0.311 e. The number of likely N-dealkylation sites (N-methyl/N-ethyl adjacent to an activating group) is 2. The van der Waals surface area contributed by atoms with Crippen LogP contribution in [0.15, 0.2) is 0 Å². The molecule has 1 fully saturated rings. The lowest BCUT2D eigenvalue weighted by atomic mass is 9.89. The molecule has 1 aliphatic heterocycles. The van der Waals surface area contributed by atoms with Crippen LogP contribution in [0.25, 0.3) is 0 Å². The van der Waals surface area contributed by atoms with Crippen LogP contribution in [0, 0.1) is 5.41 Å². The van der Waals surface area contributed by atoms with E-state index in [0.29, 0.717) is 13.2 Å². The Morgan fingerprint density at radius 2 is 1.89 bits per heavy atom. The molecule has 1 heterocycles. The molecule has 0 unspecified atom stereocenters. The summed E-state index contributed by atoms with van der Waals surface area (Å²) >= 11 is 0. The first-order valence-corrected chi connectivity index (χ1v) is 7.18. The average Bonchev–Trinajstić information content (AvgIpc) is 2.38. The molecule has 19 heavy (non-hydrogen) atoms. The van der Waals surface area contributed by atoms with E-state index in [4.69, 9.17) is 4.74 Å². The highest BCUT2D eigenvalue weighted by atomic mass is 16.5. The van der Waals surface area contributed by atoms with Crippen molar-refractivity contribution in [2.24, 2.45) is 5.41 Å². The molecular formula is C14H29N3O2. The van der Waals surface area contributed by atoms with Crippen LogP contribution in [0.1, 0.15) is 20.3 Å². The number of nitrogens with zero attached hydrogens (tertiary/aromatic N) is 2. The second-order valence-electron chi connectivity index (χ2n) is 6.02. The summed E-state index contributed by atoms with van der Waals surface area (Å²) in [6, 6.07) is 0. The minimum Gasteiger partial charge on any atom is -0.464 e. The van der Waals surface area contributed by atoms with Gasteiger partial charge in [-0.05, 0) is 40.9 Å². The van der Waals surface area contributed by atoms with Gasteiger partial charge in [0, 0.05) is 32.7 Å². The highest BCUT2D eigenvalue weighted by Gasteiger charge is 2.30. The molecule has 1 rings (SSSR count). The summed E-state index contributed by atoms with van der Waals surface area (Å²) in [5.41, 5.74) is -0.392. The van der Waals surface area contributed by atoms with E-state index < -0.39 is 5.41 Å². The minimum absolute atomic E-state index is 0.0862. The van der Waals surface area contributed by atoms with Crippen LogP contribution in [0.3, 0.4) is 0 Å². The third-order valence-electron chi connectivity index (χ3n) is 3.79. The maximum atomic E-state index is 12.0. The van der Waals surface area contributed by atoms with Crippen LogP contribution in [-0.4, -0.2) is 75.7 Å². The molecule has 5 heteroatoms. The highest BCUT2D eigenvalue weighted by molar-refractivity contribution is 5.75. The van der Waals surface area contributed by atoms with Gasteiger partial charge in [0.2, 0.25) is 0 Å². The maximum absolute atomic E-state index is 12.0. The van der Waals surface area contributed by atoms with E-state index >= 15 is 0 Å². The molecule has 0 saturated carbocycles. The van der Waals surface area contributed by atoms with E-state index in [1.165, 1.54) is 0 Å². The lowest BCUT2D eigenvalue weighted by Crippen LogP contribution is -2.45. The molecule has 112 valence electrons. The first-order valence-electron chi connectivity index (χ1n) is 7.18. The predicted molar refractivity (Wildman–Crippen MR) is 77.2 cm³/mol. The molecule has 0 amide bonds. The second kappa shape index (κ2) is 7.82. The fraction of sp³-hybridized carbons (Fsp3) is 0.929. The normalized spacial score (nSPS) is 18.5. The summed E-state index contributed by atoms with van der Waals surface area (Å²) in [7, 11) is 4.01. The zero-order valence-electron chi connectivity index (χ0n) is 12.9. The van der Waals surface area contributed by atoms with Gasteiger partial charge in [0.1, 0.15) is 6.61 Å². The van der Waals surface area contributed by atoms with Gasteiger partial charge in [0.15, 0.2) is 0 Å². The standard InChI is InChI=1S/C14H29N3O2/c1-14(2,13(18)19-12-6-15-3)5-7-17-10-8-16(4)9-11-17/h15H,5-12H2,1-4H3. The van der Waals surface area contributed by atoms with Crippen molar-refractivity contribution in [2.75, 3.05) is 60.0 Å². The van der Waals surface area contributed by atoms with Crippen LogP contribution < -0.4 is 5.32 Å². The van der Waals surface area contributed by atoms with Crippen molar-refractivity contribution in [3.05, 3.63) is 0 Å². The number of piperazine rings is 1. The Bertz CT molecular complexity index is 274. The number of hydrogen-bond acceptors (Lipinski definition) is 5. The summed E-state index contributed by atoms with van der Waals surface area (Å²) < 4.78 is 5.28. The molecule has 0 radical (unpaired) electrons. The van der Waals surface area contributed by atoms with Gasteiger partial charge in [-0.15, -0.1) is 0 Å². The van der Waals surface area contributed by atoms with Gasteiger partial charge >= 0.3 is 5.97 Å². The Morgan fingerprint density at radius 3 is 2.47 bits per heavy atom. The van der Waals surface area contributed by atoms with Gasteiger partial charge in [0.25, 0.3) is 0 Å². The van der Waals surface area contributed by atoms with Crippen molar-refractivity contribution in [1.82, 2.24) is 15.1 Å². The predicted octanol–water partition coefficient (Wildman–Crippen LogP) is 0.413. The van der Waals surface area contributed by atoms with E-state index in [0.717, 1.165) is 39.1 Å². The number of esters is 1. The third-order valence-corrected chi connectivity index (χ3v) is 3.79. The fourth-order valence-electron chi connectivity index (χ4n) is 2.05. The molecule has 0 aromatic rings. The van der Waals surface area contributed by atoms with Gasteiger partial charge in [-0.25, -0.2) is 0 Å². The monoisotopic (exact) mass is 271 g/mol. The first kappa shape index (κ1) is 16.4. The van der Waals surface area contributed by atoms with Gasteiger partial charge in [-0.3, -0.25) is 4.79 Å². The third kappa shape index (κ3) is 5.89. The maximum Gasteiger partial charge on any atom is 0.311 e. The van der Waals surface area contributed by atoms with Crippen LogP contribution >= 0.6 is 0 Å². The average molecular weight is 271 g/mol. The summed E-state index contributed by atoms with van der Waals surface area (Å²) in [5.74, 6) is -0.0862. The van der Waals surface area contributed by atoms with Gasteiger partial charge in [-0.1, -0.05) is 0 Å². The summed E-state index contributed by atoms with van der Waals surface area (Å²) in [4.78, 5) is 16.8.